The molecule has 0 aromatic heterocycles. The minimum atomic E-state index is 0.636. The van der Waals surface area contributed by atoms with Crippen LogP contribution in [0.5, 0.6) is 0 Å². The van der Waals surface area contributed by atoms with E-state index in [1.807, 2.05) is 12.1 Å². The van der Waals surface area contributed by atoms with Gasteiger partial charge < -0.3 is 5.32 Å². The largest absolute Gasteiger partial charge is 0.316 e. The molecule has 0 amide bonds. The Morgan fingerprint density at radius 2 is 1.79 bits per heavy atom. The molecule has 0 fully saturated rings. The average Bonchev–Trinajstić information content (AvgIpc) is 2.36. The molecule has 0 aliphatic rings. The maximum absolute atomic E-state index is 6.02. The number of nitrogens with one attached hydrogen (secondary N) is 1. The highest BCUT2D eigenvalue weighted by atomic mass is 35.5. The van der Waals surface area contributed by atoms with Crippen molar-refractivity contribution in [2.24, 2.45) is 11.8 Å². The zero-order valence-corrected chi connectivity index (χ0v) is 13.7. The van der Waals surface area contributed by atoms with Crippen LogP contribution in [0.15, 0.2) is 18.2 Å². The van der Waals surface area contributed by atoms with E-state index in [1.54, 1.807) is 0 Å². The first-order valence-electron chi connectivity index (χ1n) is 7.13. The summed E-state index contributed by atoms with van der Waals surface area (Å²) in [4.78, 5) is 0. The van der Waals surface area contributed by atoms with Crippen LogP contribution < -0.4 is 5.32 Å². The van der Waals surface area contributed by atoms with E-state index >= 15 is 0 Å². The van der Waals surface area contributed by atoms with Crippen molar-refractivity contribution in [1.82, 2.24) is 5.32 Å². The van der Waals surface area contributed by atoms with Gasteiger partial charge in [0, 0.05) is 0 Å². The monoisotopic (exact) mass is 301 g/mol. The number of rotatable bonds is 8. The molecule has 1 unspecified atom stereocenters. The highest BCUT2D eigenvalue weighted by Crippen LogP contribution is 2.24. The Hall–Kier alpha value is -0.240. The Bertz CT molecular complexity index is 377. The van der Waals surface area contributed by atoms with Gasteiger partial charge in [0.2, 0.25) is 0 Å². The standard InChI is InChI=1S/C16H25Cl2N/c1-12(2)11-19-9-8-13(3)4-5-14-6-7-15(17)16(18)10-14/h6-7,10,12-13,19H,4-5,8-9,11H2,1-3H3. The van der Waals surface area contributed by atoms with Gasteiger partial charge in [-0.3, -0.25) is 0 Å². The highest BCUT2D eigenvalue weighted by Gasteiger charge is 2.05. The van der Waals surface area contributed by atoms with Crippen LogP contribution in [0, 0.1) is 11.8 Å². The zero-order valence-electron chi connectivity index (χ0n) is 12.2. The molecule has 1 aromatic carbocycles. The van der Waals surface area contributed by atoms with Gasteiger partial charge >= 0.3 is 0 Å². The Morgan fingerprint density at radius 3 is 2.42 bits per heavy atom. The van der Waals surface area contributed by atoms with Gasteiger partial charge in [-0.05, 0) is 61.9 Å². The molecule has 1 rings (SSSR count). The molecule has 0 saturated heterocycles. The number of aryl methyl sites for hydroxylation is 1. The second-order valence-corrected chi connectivity index (χ2v) is 6.59. The van der Waals surface area contributed by atoms with Gasteiger partial charge in [-0.2, -0.15) is 0 Å². The smallest absolute Gasteiger partial charge is 0.0595 e. The molecule has 0 heterocycles. The van der Waals surface area contributed by atoms with E-state index in [2.05, 4.69) is 32.2 Å². The molecule has 0 bridgehead atoms. The summed E-state index contributed by atoms with van der Waals surface area (Å²) in [6.07, 6.45) is 3.50. The average molecular weight is 302 g/mol. The van der Waals surface area contributed by atoms with Crippen molar-refractivity contribution in [3.05, 3.63) is 33.8 Å². The fourth-order valence-corrected chi connectivity index (χ4v) is 2.31. The summed E-state index contributed by atoms with van der Waals surface area (Å²) < 4.78 is 0. The number of hydrogen-bond donors (Lipinski definition) is 1. The minimum absolute atomic E-state index is 0.636. The van der Waals surface area contributed by atoms with E-state index in [0.29, 0.717) is 10.0 Å². The lowest BCUT2D eigenvalue weighted by atomic mass is 9.98. The second-order valence-electron chi connectivity index (χ2n) is 5.78. The van der Waals surface area contributed by atoms with Gasteiger partial charge in [-0.25, -0.2) is 0 Å². The third kappa shape index (κ3) is 7.20. The summed E-state index contributed by atoms with van der Waals surface area (Å²) in [5.74, 6) is 1.46. The van der Waals surface area contributed by atoms with E-state index in [9.17, 15) is 0 Å². The molecule has 19 heavy (non-hydrogen) atoms. The van der Waals surface area contributed by atoms with Crippen LogP contribution in [0.3, 0.4) is 0 Å². The summed E-state index contributed by atoms with van der Waals surface area (Å²) in [6, 6.07) is 5.93. The summed E-state index contributed by atoms with van der Waals surface area (Å²) >= 11 is 11.9. The Morgan fingerprint density at radius 1 is 1.05 bits per heavy atom. The Kier molecular flexibility index (Phi) is 7.82. The molecule has 0 radical (unpaired) electrons. The maximum atomic E-state index is 6.02. The van der Waals surface area contributed by atoms with Gasteiger partial charge in [-0.15, -0.1) is 0 Å². The summed E-state index contributed by atoms with van der Waals surface area (Å²) in [7, 11) is 0. The normalized spacial score (nSPS) is 12.9. The quantitative estimate of drug-likeness (QED) is 0.651. The van der Waals surface area contributed by atoms with Crippen molar-refractivity contribution in [3.63, 3.8) is 0 Å². The number of hydrogen-bond acceptors (Lipinski definition) is 1. The predicted octanol–water partition coefficient (Wildman–Crippen LogP) is 5.20. The first kappa shape index (κ1) is 16.8. The first-order chi connectivity index (χ1) is 8.99. The second kappa shape index (κ2) is 8.84. The van der Waals surface area contributed by atoms with Crippen LogP contribution in [0.1, 0.15) is 39.2 Å². The van der Waals surface area contributed by atoms with Crippen LogP contribution >= 0.6 is 23.2 Å². The van der Waals surface area contributed by atoms with Crippen LogP contribution in [-0.4, -0.2) is 13.1 Å². The zero-order chi connectivity index (χ0) is 14.3. The van der Waals surface area contributed by atoms with E-state index in [1.165, 1.54) is 18.4 Å². The molecule has 0 aliphatic carbocycles. The summed E-state index contributed by atoms with van der Waals surface area (Å²) in [5.41, 5.74) is 1.27. The lowest BCUT2D eigenvalue weighted by Crippen LogP contribution is -2.22. The van der Waals surface area contributed by atoms with Gasteiger partial charge in [0.25, 0.3) is 0 Å². The van der Waals surface area contributed by atoms with Crippen LogP contribution in [0.25, 0.3) is 0 Å². The van der Waals surface area contributed by atoms with Gasteiger partial charge in [0.1, 0.15) is 0 Å². The lowest BCUT2D eigenvalue weighted by molar-refractivity contribution is 0.454. The van der Waals surface area contributed by atoms with Crippen LogP contribution in [0.2, 0.25) is 10.0 Å². The molecular formula is C16H25Cl2N. The van der Waals surface area contributed by atoms with E-state index < -0.39 is 0 Å². The molecule has 1 atom stereocenters. The molecule has 1 aromatic rings. The van der Waals surface area contributed by atoms with Crippen molar-refractivity contribution >= 4 is 23.2 Å². The highest BCUT2D eigenvalue weighted by molar-refractivity contribution is 6.42. The molecule has 108 valence electrons. The van der Waals surface area contributed by atoms with Crippen molar-refractivity contribution in [2.45, 2.75) is 40.0 Å². The molecule has 0 spiro atoms. The molecule has 3 heteroatoms. The van der Waals surface area contributed by atoms with Crippen molar-refractivity contribution in [2.75, 3.05) is 13.1 Å². The third-order valence-electron chi connectivity index (χ3n) is 3.28. The van der Waals surface area contributed by atoms with Gasteiger partial charge in [0.15, 0.2) is 0 Å². The summed E-state index contributed by atoms with van der Waals surface area (Å²) in [6.45, 7) is 9.01. The minimum Gasteiger partial charge on any atom is -0.316 e. The molecular weight excluding hydrogens is 277 g/mol. The molecule has 0 aliphatic heterocycles. The van der Waals surface area contributed by atoms with Crippen LogP contribution in [-0.2, 0) is 6.42 Å². The SMILES string of the molecule is CC(C)CNCCC(C)CCc1ccc(Cl)c(Cl)c1. The summed E-state index contributed by atoms with van der Waals surface area (Å²) in [5, 5.41) is 4.79. The first-order valence-corrected chi connectivity index (χ1v) is 7.89. The maximum Gasteiger partial charge on any atom is 0.0595 e. The van der Waals surface area contributed by atoms with Crippen molar-refractivity contribution in [1.29, 1.82) is 0 Å². The van der Waals surface area contributed by atoms with E-state index in [0.717, 1.165) is 31.3 Å². The fourth-order valence-electron chi connectivity index (χ4n) is 1.99. The predicted molar refractivity (Wildman–Crippen MR) is 86.3 cm³/mol. The Labute approximate surface area is 127 Å². The van der Waals surface area contributed by atoms with E-state index in [4.69, 9.17) is 23.2 Å². The van der Waals surface area contributed by atoms with Crippen molar-refractivity contribution in [3.8, 4) is 0 Å². The molecule has 0 saturated carbocycles. The van der Waals surface area contributed by atoms with Gasteiger partial charge in [0.05, 0.1) is 10.0 Å². The number of halogens is 2. The topological polar surface area (TPSA) is 12.0 Å². The van der Waals surface area contributed by atoms with Gasteiger partial charge in [-0.1, -0.05) is 50.0 Å². The third-order valence-corrected chi connectivity index (χ3v) is 4.02. The molecule has 1 N–H and O–H groups in total. The molecule has 1 nitrogen and oxygen atoms in total. The lowest BCUT2D eigenvalue weighted by Gasteiger charge is -2.13. The van der Waals surface area contributed by atoms with Crippen LogP contribution in [0.4, 0.5) is 0 Å². The number of benzene rings is 1. The van der Waals surface area contributed by atoms with E-state index in [-0.39, 0.29) is 0 Å². The fraction of sp³-hybridized carbons (Fsp3) is 0.625. The van der Waals surface area contributed by atoms with Crippen molar-refractivity contribution < 1.29 is 0 Å². The Balaban J connectivity index is 2.22.